The zero-order valence-corrected chi connectivity index (χ0v) is 21.5. The molecule has 2 aliphatic heterocycles. The van der Waals surface area contributed by atoms with Crippen molar-refractivity contribution < 1.29 is 28.2 Å². The second-order valence-electron chi connectivity index (χ2n) is 9.06. The minimum atomic E-state index is -0.663. The third-order valence-electron chi connectivity index (χ3n) is 6.96. The summed E-state index contributed by atoms with van der Waals surface area (Å²) in [7, 11) is 3.12. The van der Waals surface area contributed by atoms with Crippen LogP contribution in [0.3, 0.4) is 0 Å². The molecule has 9 nitrogen and oxygen atoms in total. The van der Waals surface area contributed by atoms with Crippen LogP contribution in [0.2, 0.25) is 0 Å². The zero-order valence-electron chi connectivity index (χ0n) is 21.5. The first-order chi connectivity index (χ1) is 18.1. The Morgan fingerprint density at radius 3 is 2.57 bits per heavy atom. The van der Waals surface area contributed by atoms with Gasteiger partial charge in [-0.2, -0.15) is 0 Å². The molecule has 1 amide bonds. The number of ether oxygens (including phenoxy) is 4. The van der Waals surface area contributed by atoms with Gasteiger partial charge in [0.15, 0.2) is 16.9 Å². The summed E-state index contributed by atoms with van der Waals surface area (Å²) in [6.45, 7) is 6.81. The number of rotatable bonds is 9. The van der Waals surface area contributed by atoms with Gasteiger partial charge in [-0.25, -0.2) is 0 Å². The number of fused-ring (bicyclic) bond motifs is 2. The molecule has 1 fully saturated rings. The van der Waals surface area contributed by atoms with Gasteiger partial charge in [0.2, 0.25) is 5.76 Å². The fourth-order valence-electron chi connectivity index (χ4n) is 5.23. The maximum absolute atomic E-state index is 13.9. The van der Waals surface area contributed by atoms with Gasteiger partial charge in [0.1, 0.15) is 11.3 Å². The molecule has 0 saturated carbocycles. The van der Waals surface area contributed by atoms with E-state index in [4.69, 9.17) is 23.4 Å². The van der Waals surface area contributed by atoms with E-state index in [0.717, 1.165) is 26.1 Å². The summed E-state index contributed by atoms with van der Waals surface area (Å²) >= 11 is 0. The quantitative estimate of drug-likeness (QED) is 0.434. The van der Waals surface area contributed by atoms with Crippen molar-refractivity contribution >= 4 is 16.9 Å². The van der Waals surface area contributed by atoms with E-state index in [-0.39, 0.29) is 17.1 Å². The fraction of sp³-hybridized carbons (Fsp3) is 0.429. The van der Waals surface area contributed by atoms with Crippen LogP contribution in [0.4, 0.5) is 0 Å². The molecule has 196 valence electrons. The average molecular weight is 509 g/mol. The summed E-state index contributed by atoms with van der Waals surface area (Å²) in [5.74, 6) is 1.35. The number of amides is 1. The number of benzene rings is 2. The molecule has 3 aromatic rings. The molecule has 1 atom stereocenters. The van der Waals surface area contributed by atoms with Gasteiger partial charge in [0.25, 0.3) is 5.91 Å². The Bertz CT molecular complexity index is 1350. The van der Waals surface area contributed by atoms with Crippen molar-refractivity contribution in [3.63, 3.8) is 0 Å². The van der Waals surface area contributed by atoms with Crippen molar-refractivity contribution in [2.45, 2.75) is 19.4 Å². The van der Waals surface area contributed by atoms with E-state index in [9.17, 15) is 9.59 Å². The van der Waals surface area contributed by atoms with Crippen LogP contribution in [-0.2, 0) is 4.74 Å². The number of hydrogen-bond donors (Lipinski definition) is 0. The van der Waals surface area contributed by atoms with E-state index in [1.165, 1.54) is 0 Å². The molecule has 0 aliphatic carbocycles. The lowest BCUT2D eigenvalue weighted by Gasteiger charge is -2.29. The minimum absolute atomic E-state index is 0.0624. The molecule has 9 heteroatoms. The molecular weight excluding hydrogens is 476 g/mol. The van der Waals surface area contributed by atoms with Crippen molar-refractivity contribution in [1.82, 2.24) is 9.80 Å². The van der Waals surface area contributed by atoms with Crippen molar-refractivity contribution in [2.75, 3.05) is 60.2 Å². The van der Waals surface area contributed by atoms with Gasteiger partial charge in [0, 0.05) is 37.8 Å². The van der Waals surface area contributed by atoms with E-state index in [1.807, 2.05) is 19.1 Å². The molecule has 2 aliphatic rings. The van der Waals surface area contributed by atoms with Crippen molar-refractivity contribution in [3.8, 4) is 17.2 Å². The molecular formula is C28H32N2O7. The molecule has 1 saturated heterocycles. The van der Waals surface area contributed by atoms with Crippen LogP contribution in [0.15, 0.2) is 45.6 Å². The molecule has 2 aromatic carbocycles. The van der Waals surface area contributed by atoms with E-state index >= 15 is 0 Å². The Kier molecular flexibility index (Phi) is 7.34. The first kappa shape index (κ1) is 25.1. The van der Waals surface area contributed by atoms with E-state index < -0.39 is 6.04 Å². The smallest absolute Gasteiger partial charge is 0.290 e. The lowest BCUT2D eigenvalue weighted by molar-refractivity contribution is 0.0353. The van der Waals surface area contributed by atoms with Crippen LogP contribution in [0.25, 0.3) is 11.0 Å². The third-order valence-corrected chi connectivity index (χ3v) is 6.96. The third kappa shape index (κ3) is 4.65. The van der Waals surface area contributed by atoms with Gasteiger partial charge in [-0.3, -0.25) is 14.5 Å². The molecule has 1 unspecified atom stereocenters. The Morgan fingerprint density at radius 2 is 1.84 bits per heavy atom. The Labute approximate surface area is 215 Å². The summed E-state index contributed by atoms with van der Waals surface area (Å²) in [6.07, 6.45) is 0.741. The molecule has 37 heavy (non-hydrogen) atoms. The van der Waals surface area contributed by atoms with Crippen molar-refractivity contribution in [1.29, 1.82) is 0 Å². The van der Waals surface area contributed by atoms with E-state index in [0.29, 0.717) is 65.7 Å². The van der Waals surface area contributed by atoms with Crippen molar-refractivity contribution in [2.24, 2.45) is 0 Å². The van der Waals surface area contributed by atoms with Gasteiger partial charge < -0.3 is 28.3 Å². The molecule has 3 heterocycles. The lowest BCUT2D eigenvalue weighted by atomic mass is 9.97. The highest BCUT2D eigenvalue weighted by Gasteiger charge is 2.44. The van der Waals surface area contributed by atoms with E-state index in [2.05, 4.69) is 4.90 Å². The topological polar surface area (TPSA) is 90.7 Å². The number of morpholine rings is 1. The zero-order chi connectivity index (χ0) is 25.9. The maximum atomic E-state index is 13.9. The molecule has 0 radical (unpaired) electrons. The lowest BCUT2D eigenvalue weighted by Crippen LogP contribution is -2.39. The fourth-order valence-corrected chi connectivity index (χ4v) is 5.23. The molecule has 5 rings (SSSR count). The number of hydrogen-bond acceptors (Lipinski definition) is 8. The minimum Gasteiger partial charge on any atom is -0.494 e. The van der Waals surface area contributed by atoms with Gasteiger partial charge >= 0.3 is 0 Å². The maximum Gasteiger partial charge on any atom is 0.290 e. The normalized spacial score (nSPS) is 17.8. The second kappa shape index (κ2) is 10.8. The Balaban J connectivity index is 1.59. The Morgan fingerprint density at radius 1 is 1.03 bits per heavy atom. The molecule has 0 N–H and O–H groups in total. The SMILES string of the molecule is CCOc1ccc2c(=O)c3c(oc2c1)C(=O)N(CCCN1CCOCC1)C3c1cccc(OC)c1OC. The second-order valence-corrected chi connectivity index (χ2v) is 9.06. The first-order valence-corrected chi connectivity index (χ1v) is 12.6. The standard InChI is InChI=1S/C28H32N2O7/c1-4-36-18-9-10-19-22(17-18)37-27-23(25(19)31)24(20-7-5-8-21(33-2)26(20)34-3)30(28(27)32)12-6-11-29-13-15-35-16-14-29/h5,7-10,17,24H,4,6,11-16H2,1-3H3. The number of carbonyl (C=O) groups is 1. The summed E-state index contributed by atoms with van der Waals surface area (Å²) < 4.78 is 28.4. The van der Waals surface area contributed by atoms with Gasteiger partial charge in [-0.1, -0.05) is 12.1 Å². The number of methoxy groups -OCH3 is 2. The number of carbonyl (C=O) groups excluding carboxylic acids is 1. The van der Waals surface area contributed by atoms with E-state index in [1.54, 1.807) is 43.4 Å². The highest BCUT2D eigenvalue weighted by atomic mass is 16.5. The van der Waals surface area contributed by atoms with Gasteiger partial charge in [-0.15, -0.1) is 0 Å². The predicted octanol–water partition coefficient (Wildman–Crippen LogP) is 3.48. The first-order valence-electron chi connectivity index (χ1n) is 12.6. The van der Waals surface area contributed by atoms with Crippen LogP contribution in [0.1, 0.15) is 41.1 Å². The van der Waals surface area contributed by atoms with Crippen LogP contribution >= 0.6 is 0 Å². The van der Waals surface area contributed by atoms with Crippen LogP contribution in [0.5, 0.6) is 17.2 Å². The molecule has 1 aromatic heterocycles. The largest absolute Gasteiger partial charge is 0.494 e. The summed E-state index contributed by atoms with van der Waals surface area (Å²) in [4.78, 5) is 31.7. The summed E-state index contributed by atoms with van der Waals surface area (Å²) in [5, 5.41) is 0.400. The van der Waals surface area contributed by atoms with Crippen LogP contribution in [-0.4, -0.2) is 75.9 Å². The van der Waals surface area contributed by atoms with Crippen LogP contribution < -0.4 is 19.6 Å². The van der Waals surface area contributed by atoms with Crippen LogP contribution in [0, 0.1) is 0 Å². The van der Waals surface area contributed by atoms with Crippen molar-refractivity contribution in [3.05, 3.63) is 63.5 Å². The summed E-state index contributed by atoms with van der Waals surface area (Å²) in [5.41, 5.74) is 1.09. The Hall–Kier alpha value is -3.56. The highest BCUT2D eigenvalue weighted by Crippen LogP contribution is 2.44. The highest BCUT2D eigenvalue weighted by molar-refractivity contribution is 5.99. The number of nitrogens with zero attached hydrogens (tertiary/aromatic N) is 2. The molecule has 0 bridgehead atoms. The predicted molar refractivity (Wildman–Crippen MR) is 138 cm³/mol. The number of para-hydroxylation sites is 1. The van der Waals surface area contributed by atoms with Gasteiger partial charge in [0.05, 0.1) is 51.0 Å². The summed E-state index contributed by atoms with van der Waals surface area (Å²) in [6, 6.07) is 9.93. The average Bonchev–Trinajstić information content (AvgIpc) is 3.20. The van der Waals surface area contributed by atoms with Gasteiger partial charge in [-0.05, 0) is 31.5 Å². The molecule has 0 spiro atoms. The monoisotopic (exact) mass is 508 g/mol.